The molecule has 1 aliphatic rings. The number of unbranched alkanes of at least 4 members (excludes halogenated alkanes) is 1. The van der Waals surface area contributed by atoms with Crippen molar-refractivity contribution in [3.8, 4) is 0 Å². The van der Waals surface area contributed by atoms with Crippen LogP contribution in [-0.4, -0.2) is 30.6 Å². The molecule has 1 rings (SSSR count). The number of rotatable bonds is 6. The van der Waals surface area contributed by atoms with E-state index in [0.717, 1.165) is 12.6 Å². The summed E-state index contributed by atoms with van der Waals surface area (Å²) in [4.78, 5) is 2.63. The molecular formula is C13H28N2. The van der Waals surface area contributed by atoms with Crippen LogP contribution in [0.1, 0.15) is 52.9 Å². The zero-order valence-corrected chi connectivity index (χ0v) is 10.8. The second kappa shape index (κ2) is 5.86. The van der Waals surface area contributed by atoms with E-state index in [2.05, 4.69) is 25.7 Å². The molecule has 1 fully saturated rings. The van der Waals surface area contributed by atoms with E-state index < -0.39 is 0 Å². The highest BCUT2D eigenvalue weighted by molar-refractivity contribution is 4.75. The number of hydrogen-bond donors (Lipinski definition) is 1. The monoisotopic (exact) mass is 212 g/mol. The molecule has 90 valence electrons. The molecule has 0 aromatic carbocycles. The second-order valence-electron chi connectivity index (χ2n) is 5.85. The quantitative estimate of drug-likeness (QED) is 0.686. The van der Waals surface area contributed by atoms with E-state index in [1.54, 1.807) is 0 Å². The van der Waals surface area contributed by atoms with Gasteiger partial charge in [0.2, 0.25) is 0 Å². The van der Waals surface area contributed by atoms with Crippen LogP contribution < -0.4 is 5.73 Å². The fraction of sp³-hybridized carbons (Fsp3) is 1.00. The molecule has 0 aliphatic carbocycles. The summed E-state index contributed by atoms with van der Waals surface area (Å²) in [6, 6.07) is 0.826. The zero-order valence-electron chi connectivity index (χ0n) is 10.8. The van der Waals surface area contributed by atoms with Crippen molar-refractivity contribution in [2.45, 2.75) is 58.9 Å². The van der Waals surface area contributed by atoms with Gasteiger partial charge in [-0.25, -0.2) is 0 Å². The molecule has 0 spiro atoms. The van der Waals surface area contributed by atoms with Gasteiger partial charge in [-0.05, 0) is 57.7 Å². The van der Waals surface area contributed by atoms with Gasteiger partial charge in [0.1, 0.15) is 0 Å². The van der Waals surface area contributed by atoms with Crippen molar-refractivity contribution in [3.63, 3.8) is 0 Å². The topological polar surface area (TPSA) is 29.3 Å². The van der Waals surface area contributed by atoms with Crippen molar-refractivity contribution in [3.05, 3.63) is 0 Å². The molecular weight excluding hydrogens is 184 g/mol. The van der Waals surface area contributed by atoms with Crippen molar-refractivity contribution < 1.29 is 0 Å². The van der Waals surface area contributed by atoms with Crippen LogP contribution in [0.5, 0.6) is 0 Å². The van der Waals surface area contributed by atoms with Gasteiger partial charge in [-0.2, -0.15) is 0 Å². The highest BCUT2D eigenvalue weighted by atomic mass is 15.2. The molecule has 0 aromatic heterocycles. The first-order valence-corrected chi connectivity index (χ1v) is 6.49. The summed E-state index contributed by atoms with van der Waals surface area (Å²) in [5.74, 6) is 0. The van der Waals surface area contributed by atoms with E-state index in [-0.39, 0.29) is 0 Å². The third-order valence-electron chi connectivity index (χ3n) is 3.79. The smallest absolute Gasteiger partial charge is 0.00674 e. The lowest BCUT2D eigenvalue weighted by Crippen LogP contribution is -2.28. The molecule has 1 heterocycles. The highest BCUT2D eigenvalue weighted by Gasteiger charge is 2.20. The van der Waals surface area contributed by atoms with Gasteiger partial charge in [0, 0.05) is 6.04 Å². The summed E-state index contributed by atoms with van der Waals surface area (Å²) >= 11 is 0. The molecule has 1 saturated heterocycles. The zero-order chi connectivity index (χ0) is 11.3. The van der Waals surface area contributed by atoms with Gasteiger partial charge in [-0.3, -0.25) is 0 Å². The Bertz CT molecular complexity index is 177. The Morgan fingerprint density at radius 2 is 2.07 bits per heavy atom. The first-order chi connectivity index (χ1) is 7.05. The van der Waals surface area contributed by atoms with E-state index in [4.69, 9.17) is 5.73 Å². The Morgan fingerprint density at radius 1 is 1.33 bits per heavy atom. The maximum absolute atomic E-state index is 5.72. The van der Waals surface area contributed by atoms with Crippen molar-refractivity contribution in [2.75, 3.05) is 19.6 Å². The minimum Gasteiger partial charge on any atom is -0.330 e. The summed E-state index contributed by atoms with van der Waals surface area (Å²) in [6.45, 7) is 10.3. The lowest BCUT2D eigenvalue weighted by atomic mass is 9.87. The standard InChI is InChI=1S/C13H28N2/c1-12-7-6-10-15(12)9-5-4-8-13(2,3)11-14/h12H,4-11,14H2,1-3H3. The van der Waals surface area contributed by atoms with Gasteiger partial charge in [-0.15, -0.1) is 0 Å². The Hall–Kier alpha value is -0.0800. The van der Waals surface area contributed by atoms with Gasteiger partial charge in [0.05, 0.1) is 0 Å². The second-order valence-corrected chi connectivity index (χ2v) is 5.85. The van der Waals surface area contributed by atoms with Crippen LogP contribution in [0.15, 0.2) is 0 Å². The molecule has 15 heavy (non-hydrogen) atoms. The minimum absolute atomic E-state index is 0.344. The molecule has 0 saturated carbocycles. The van der Waals surface area contributed by atoms with Crippen molar-refractivity contribution in [2.24, 2.45) is 11.1 Å². The van der Waals surface area contributed by atoms with E-state index in [1.807, 2.05) is 0 Å². The van der Waals surface area contributed by atoms with Crippen LogP contribution in [0.3, 0.4) is 0 Å². The lowest BCUT2D eigenvalue weighted by Gasteiger charge is -2.24. The summed E-state index contributed by atoms with van der Waals surface area (Å²) in [6.07, 6.45) is 6.73. The van der Waals surface area contributed by atoms with Crippen LogP contribution in [-0.2, 0) is 0 Å². The average molecular weight is 212 g/mol. The molecule has 0 radical (unpaired) electrons. The molecule has 1 unspecified atom stereocenters. The fourth-order valence-electron chi connectivity index (χ4n) is 2.35. The van der Waals surface area contributed by atoms with Gasteiger partial charge in [0.25, 0.3) is 0 Å². The predicted molar refractivity (Wildman–Crippen MR) is 67.0 cm³/mol. The third kappa shape index (κ3) is 4.52. The van der Waals surface area contributed by atoms with Crippen LogP contribution in [0.4, 0.5) is 0 Å². The molecule has 2 heteroatoms. The minimum atomic E-state index is 0.344. The van der Waals surface area contributed by atoms with Crippen LogP contribution in [0.25, 0.3) is 0 Å². The Balaban J connectivity index is 2.06. The van der Waals surface area contributed by atoms with Crippen LogP contribution in [0.2, 0.25) is 0 Å². The van der Waals surface area contributed by atoms with E-state index in [1.165, 1.54) is 45.2 Å². The average Bonchev–Trinajstić information content (AvgIpc) is 2.59. The molecule has 2 N–H and O–H groups in total. The maximum atomic E-state index is 5.72. The third-order valence-corrected chi connectivity index (χ3v) is 3.79. The fourth-order valence-corrected chi connectivity index (χ4v) is 2.35. The number of hydrogen-bond acceptors (Lipinski definition) is 2. The van der Waals surface area contributed by atoms with E-state index in [0.29, 0.717) is 5.41 Å². The Morgan fingerprint density at radius 3 is 2.60 bits per heavy atom. The molecule has 1 aliphatic heterocycles. The Labute approximate surface area is 95.2 Å². The van der Waals surface area contributed by atoms with Crippen molar-refractivity contribution >= 4 is 0 Å². The Kier molecular flexibility index (Phi) is 5.07. The normalized spacial score (nSPS) is 23.6. The summed E-state index contributed by atoms with van der Waals surface area (Å²) in [5, 5.41) is 0. The van der Waals surface area contributed by atoms with Gasteiger partial charge in [0.15, 0.2) is 0 Å². The molecule has 0 bridgehead atoms. The van der Waals surface area contributed by atoms with Gasteiger partial charge in [-0.1, -0.05) is 20.3 Å². The van der Waals surface area contributed by atoms with Crippen molar-refractivity contribution in [1.29, 1.82) is 0 Å². The SMILES string of the molecule is CC1CCCN1CCCCC(C)(C)CN. The largest absolute Gasteiger partial charge is 0.330 e. The highest BCUT2D eigenvalue weighted by Crippen LogP contribution is 2.22. The number of likely N-dealkylation sites (tertiary alicyclic amines) is 1. The molecule has 0 aromatic rings. The van der Waals surface area contributed by atoms with Crippen LogP contribution >= 0.6 is 0 Å². The first-order valence-electron chi connectivity index (χ1n) is 6.49. The van der Waals surface area contributed by atoms with Gasteiger partial charge < -0.3 is 10.6 Å². The molecule has 2 nitrogen and oxygen atoms in total. The van der Waals surface area contributed by atoms with E-state index >= 15 is 0 Å². The lowest BCUT2D eigenvalue weighted by molar-refractivity contribution is 0.251. The molecule has 1 atom stereocenters. The first kappa shape index (κ1) is 13.0. The van der Waals surface area contributed by atoms with E-state index in [9.17, 15) is 0 Å². The summed E-state index contributed by atoms with van der Waals surface area (Å²) < 4.78 is 0. The van der Waals surface area contributed by atoms with Crippen molar-refractivity contribution in [1.82, 2.24) is 4.90 Å². The summed E-state index contributed by atoms with van der Waals surface area (Å²) in [5.41, 5.74) is 6.07. The van der Waals surface area contributed by atoms with Crippen LogP contribution in [0, 0.1) is 5.41 Å². The molecule has 0 amide bonds. The van der Waals surface area contributed by atoms with Gasteiger partial charge >= 0.3 is 0 Å². The summed E-state index contributed by atoms with van der Waals surface area (Å²) in [7, 11) is 0. The number of nitrogens with two attached hydrogens (primary N) is 1. The number of nitrogens with zero attached hydrogens (tertiary/aromatic N) is 1. The maximum Gasteiger partial charge on any atom is 0.00674 e. The predicted octanol–water partition coefficient (Wildman–Crippen LogP) is 2.63.